The summed E-state index contributed by atoms with van der Waals surface area (Å²) in [7, 11) is 0. The van der Waals surface area contributed by atoms with Crippen LogP contribution in [-0.4, -0.2) is 43.8 Å². The maximum atomic E-state index is 12.0. The van der Waals surface area contributed by atoms with Crippen molar-refractivity contribution in [1.29, 1.82) is 0 Å². The van der Waals surface area contributed by atoms with Crippen molar-refractivity contribution in [2.45, 2.75) is 19.5 Å². The molecule has 2 amide bonds. The molecule has 0 unspecified atom stereocenters. The van der Waals surface area contributed by atoms with E-state index in [9.17, 15) is 14.4 Å². The Bertz CT molecular complexity index is 901. The van der Waals surface area contributed by atoms with E-state index in [-0.39, 0.29) is 19.9 Å². The normalized spacial score (nSPS) is 12.6. The molecule has 2 N–H and O–H groups in total. The van der Waals surface area contributed by atoms with Gasteiger partial charge < -0.3 is 29.6 Å². The van der Waals surface area contributed by atoms with Crippen molar-refractivity contribution in [1.82, 2.24) is 10.6 Å². The number of hydrogen-bond donors (Lipinski definition) is 2. The number of esters is 1. The minimum atomic E-state index is -0.918. The van der Waals surface area contributed by atoms with Crippen LogP contribution in [0.3, 0.4) is 0 Å². The number of nitrogens with one attached hydrogen (secondary N) is 2. The van der Waals surface area contributed by atoms with Gasteiger partial charge in [0.15, 0.2) is 24.7 Å². The Morgan fingerprint density at radius 2 is 1.77 bits per heavy atom. The van der Waals surface area contributed by atoms with Crippen LogP contribution in [0.1, 0.15) is 12.5 Å². The molecule has 0 bridgehead atoms. The molecule has 0 saturated carbocycles. The zero-order valence-corrected chi connectivity index (χ0v) is 16.4. The number of carbonyl (C=O) groups excluding carboxylic acids is 3. The summed E-state index contributed by atoms with van der Waals surface area (Å²) in [6.07, 6.45) is 0. The van der Waals surface area contributed by atoms with E-state index in [1.807, 2.05) is 6.07 Å². The molecule has 0 aliphatic carbocycles. The standard InChI is InChI=1S/C21H22N2O7/c1-14(23-20(25)12-27-16-5-3-2-4-6-16)21(26)28-11-19(24)22-10-15-7-8-17-18(9-15)30-13-29-17/h2-9,14H,10-13H2,1H3,(H,22,24)(H,23,25)/t14-/m0/s1. The van der Waals surface area contributed by atoms with Crippen LogP contribution >= 0.6 is 0 Å². The number of carbonyl (C=O) groups is 3. The summed E-state index contributed by atoms with van der Waals surface area (Å²) < 4.78 is 20.7. The SMILES string of the molecule is C[C@H](NC(=O)COc1ccccc1)C(=O)OCC(=O)NCc1ccc2c(c1)OCO2. The largest absolute Gasteiger partial charge is 0.484 e. The van der Waals surface area contributed by atoms with Gasteiger partial charge in [0.25, 0.3) is 11.8 Å². The minimum Gasteiger partial charge on any atom is -0.484 e. The van der Waals surface area contributed by atoms with Gasteiger partial charge in [-0.25, -0.2) is 4.79 Å². The zero-order valence-electron chi connectivity index (χ0n) is 16.4. The van der Waals surface area contributed by atoms with Crippen LogP contribution in [0.4, 0.5) is 0 Å². The summed E-state index contributed by atoms with van der Waals surface area (Å²) in [5, 5.41) is 5.10. The van der Waals surface area contributed by atoms with Crippen molar-refractivity contribution >= 4 is 17.8 Å². The molecule has 1 aliphatic rings. The van der Waals surface area contributed by atoms with Gasteiger partial charge in [0.2, 0.25) is 6.79 Å². The molecule has 0 radical (unpaired) electrons. The van der Waals surface area contributed by atoms with Crippen LogP contribution in [0.15, 0.2) is 48.5 Å². The van der Waals surface area contributed by atoms with Gasteiger partial charge in [0.1, 0.15) is 11.8 Å². The van der Waals surface area contributed by atoms with Crippen molar-refractivity contribution in [2.24, 2.45) is 0 Å². The molecule has 2 aromatic rings. The molecule has 1 atom stereocenters. The van der Waals surface area contributed by atoms with Gasteiger partial charge >= 0.3 is 5.97 Å². The summed E-state index contributed by atoms with van der Waals surface area (Å²) in [4.78, 5) is 35.7. The molecular weight excluding hydrogens is 392 g/mol. The molecule has 0 spiro atoms. The molecule has 1 aliphatic heterocycles. The third kappa shape index (κ3) is 6.13. The first kappa shape index (κ1) is 21.0. The Labute approximate surface area is 173 Å². The van der Waals surface area contributed by atoms with Crippen LogP contribution in [0.25, 0.3) is 0 Å². The number of fused-ring (bicyclic) bond motifs is 1. The quantitative estimate of drug-likeness (QED) is 0.592. The average Bonchev–Trinajstić information content (AvgIpc) is 3.23. The Balaban J connectivity index is 1.33. The Hall–Kier alpha value is -3.75. The lowest BCUT2D eigenvalue weighted by Crippen LogP contribution is -2.42. The van der Waals surface area contributed by atoms with Crippen molar-refractivity contribution < 1.29 is 33.3 Å². The van der Waals surface area contributed by atoms with E-state index in [2.05, 4.69) is 10.6 Å². The second-order valence-corrected chi connectivity index (χ2v) is 6.46. The molecular formula is C21H22N2O7. The van der Waals surface area contributed by atoms with Gasteiger partial charge in [-0.05, 0) is 36.8 Å². The van der Waals surface area contributed by atoms with E-state index in [0.717, 1.165) is 5.56 Å². The van der Waals surface area contributed by atoms with E-state index in [1.165, 1.54) is 6.92 Å². The Morgan fingerprint density at radius 3 is 2.57 bits per heavy atom. The maximum Gasteiger partial charge on any atom is 0.328 e. The van der Waals surface area contributed by atoms with Gasteiger partial charge in [-0.3, -0.25) is 9.59 Å². The third-order valence-electron chi connectivity index (χ3n) is 4.12. The van der Waals surface area contributed by atoms with Crippen LogP contribution in [-0.2, 0) is 25.7 Å². The number of rotatable bonds is 9. The van der Waals surface area contributed by atoms with E-state index in [4.69, 9.17) is 18.9 Å². The number of hydrogen-bond acceptors (Lipinski definition) is 7. The molecule has 9 heteroatoms. The second kappa shape index (κ2) is 10.1. The maximum absolute atomic E-state index is 12.0. The molecule has 30 heavy (non-hydrogen) atoms. The van der Waals surface area contributed by atoms with Crippen LogP contribution < -0.4 is 24.8 Å². The topological polar surface area (TPSA) is 112 Å². The molecule has 2 aromatic carbocycles. The van der Waals surface area contributed by atoms with Crippen molar-refractivity contribution in [3.8, 4) is 17.2 Å². The molecule has 0 fully saturated rings. The first-order valence-electron chi connectivity index (χ1n) is 9.30. The van der Waals surface area contributed by atoms with Crippen LogP contribution in [0.2, 0.25) is 0 Å². The van der Waals surface area contributed by atoms with Gasteiger partial charge in [0, 0.05) is 6.54 Å². The monoisotopic (exact) mass is 414 g/mol. The summed E-state index contributed by atoms with van der Waals surface area (Å²) in [5.41, 5.74) is 0.818. The van der Waals surface area contributed by atoms with E-state index in [1.54, 1.807) is 42.5 Å². The molecule has 9 nitrogen and oxygen atoms in total. The highest BCUT2D eigenvalue weighted by atomic mass is 16.7. The summed E-state index contributed by atoms with van der Waals surface area (Å²) >= 11 is 0. The number of benzene rings is 2. The van der Waals surface area contributed by atoms with Gasteiger partial charge in [-0.2, -0.15) is 0 Å². The van der Waals surface area contributed by atoms with E-state index < -0.39 is 30.4 Å². The lowest BCUT2D eigenvalue weighted by molar-refractivity contribution is -0.151. The molecule has 0 aromatic heterocycles. The van der Waals surface area contributed by atoms with Crippen LogP contribution in [0, 0.1) is 0 Å². The van der Waals surface area contributed by atoms with E-state index in [0.29, 0.717) is 17.2 Å². The Kier molecular flexibility index (Phi) is 7.09. The third-order valence-corrected chi connectivity index (χ3v) is 4.12. The lowest BCUT2D eigenvalue weighted by Gasteiger charge is -2.14. The van der Waals surface area contributed by atoms with Gasteiger partial charge in [-0.15, -0.1) is 0 Å². The van der Waals surface area contributed by atoms with E-state index >= 15 is 0 Å². The predicted octanol–water partition coefficient (Wildman–Crippen LogP) is 1.16. The Morgan fingerprint density at radius 1 is 1.00 bits per heavy atom. The smallest absolute Gasteiger partial charge is 0.328 e. The molecule has 158 valence electrons. The summed E-state index contributed by atoms with van der Waals surface area (Å²) in [6, 6.07) is 13.2. The molecule has 3 rings (SSSR count). The van der Waals surface area contributed by atoms with Crippen molar-refractivity contribution in [2.75, 3.05) is 20.0 Å². The van der Waals surface area contributed by atoms with Gasteiger partial charge in [-0.1, -0.05) is 24.3 Å². The highest BCUT2D eigenvalue weighted by Crippen LogP contribution is 2.32. The average molecular weight is 414 g/mol. The first-order valence-corrected chi connectivity index (χ1v) is 9.30. The number of ether oxygens (including phenoxy) is 4. The zero-order chi connectivity index (χ0) is 21.3. The highest BCUT2D eigenvalue weighted by Gasteiger charge is 2.19. The first-order chi connectivity index (χ1) is 14.5. The number of para-hydroxylation sites is 1. The minimum absolute atomic E-state index is 0.175. The number of amides is 2. The van der Waals surface area contributed by atoms with Gasteiger partial charge in [0.05, 0.1) is 0 Å². The fourth-order valence-corrected chi connectivity index (χ4v) is 2.57. The molecule has 1 heterocycles. The molecule has 0 saturated heterocycles. The van der Waals surface area contributed by atoms with Crippen molar-refractivity contribution in [3.63, 3.8) is 0 Å². The second-order valence-electron chi connectivity index (χ2n) is 6.46. The summed E-state index contributed by atoms with van der Waals surface area (Å²) in [6.45, 7) is 1.19. The fourth-order valence-electron chi connectivity index (χ4n) is 2.57. The predicted molar refractivity (Wildman–Crippen MR) is 105 cm³/mol. The fraction of sp³-hybridized carbons (Fsp3) is 0.286. The lowest BCUT2D eigenvalue weighted by atomic mass is 10.2. The summed E-state index contributed by atoms with van der Waals surface area (Å²) in [5.74, 6) is 0.156. The van der Waals surface area contributed by atoms with Crippen molar-refractivity contribution in [3.05, 3.63) is 54.1 Å². The van der Waals surface area contributed by atoms with Crippen LogP contribution in [0.5, 0.6) is 17.2 Å². The highest BCUT2D eigenvalue weighted by molar-refractivity contribution is 5.86.